The summed E-state index contributed by atoms with van der Waals surface area (Å²) in [5.41, 5.74) is 13.5. The number of phenols is 1. The van der Waals surface area contributed by atoms with E-state index in [0.29, 0.717) is 29.5 Å². The maximum Gasteiger partial charge on any atom is 0.202 e. The molecule has 284 valence electrons. The van der Waals surface area contributed by atoms with Gasteiger partial charge < -0.3 is 28.9 Å². The highest BCUT2D eigenvalue weighted by atomic mass is 16.5. The maximum atomic E-state index is 12.2. The first-order valence-corrected chi connectivity index (χ1v) is 19.6. The summed E-state index contributed by atoms with van der Waals surface area (Å²) in [5, 5.41) is 12.2. The molecule has 0 unspecified atom stereocenters. The molecule has 7 nitrogen and oxygen atoms in total. The lowest BCUT2D eigenvalue weighted by molar-refractivity contribution is 0.375. The van der Waals surface area contributed by atoms with Crippen LogP contribution in [0.25, 0.3) is 46.1 Å². The number of phenolic OH excluding ortho intramolecular Hbond substituents is 1. The highest BCUT2D eigenvalue weighted by Crippen LogP contribution is 2.51. The fourth-order valence-electron chi connectivity index (χ4n) is 8.02. The number of ether oxygens (including phenoxy) is 2. The Balaban J connectivity index is 1.35. The molecule has 5 aromatic carbocycles. The van der Waals surface area contributed by atoms with E-state index < -0.39 is 0 Å². The summed E-state index contributed by atoms with van der Waals surface area (Å²) in [5.74, 6) is 2.79. The van der Waals surface area contributed by atoms with Crippen molar-refractivity contribution in [2.75, 3.05) is 38.0 Å². The van der Waals surface area contributed by atoms with Gasteiger partial charge in [0.05, 0.1) is 11.4 Å². The molecule has 56 heavy (non-hydrogen) atoms. The Morgan fingerprint density at radius 1 is 0.661 bits per heavy atom. The summed E-state index contributed by atoms with van der Waals surface area (Å²) in [6.07, 6.45) is 12.6. The first-order valence-electron chi connectivity index (χ1n) is 19.6. The third-order valence-electron chi connectivity index (χ3n) is 11.1. The molecule has 0 saturated carbocycles. The fraction of sp³-hybridized carbons (Fsp3) is 0.245. The number of fused-ring (bicyclic) bond motifs is 2. The Labute approximate surface area is 330 Å². The van der Waals surface area contributed by atoms with E-state index >= 15 is 0 Å². The Hall–Kier alpha value is -6.21. The molecule has 0 atom stereocenters. The minimum atomic E-state index is -0.0346. The summed E-state index contributed by atoms with van der Waals surface area (Å²) in [7, 11) is 8.21. The molecule has 1 aromatic heterocycles. The van der Waals surface area contributed by atoms with Gasteiger partial charge in [-0.25, -0.2) is 4.98 Å². The van der Waals surface area contributed by atoms with Crippen molar-refractivity contribution < 1.29 is 14.6 Å². The monoisotopic (exact) mass is 742 g/mol. The van der Waals surface area contributed by atoms with Crippen molar-refractivity contribution in [1.29, 1.82) is 0 Å². The van der Waals surface area contributed by atoms with Gasteiger partial charge >= 0.3 is 0 Å². The van der Waals surface area contributed by atoms with Gasteiger partial charge in [0, 0.05) is 73.9 Å². The smallest absolute Gasteiger partial charge is 0.202 e. The number of nitrogens with zero attached hydrogens (tertiary/aromatic N) is 4. The first kappa shape index (κ1) is 36.8. The molecule has 1 heterocycles. The number of aromatic nitrogens is 2. The third kappa shape index (κ3) is 6.83. The van der Waals surface area contributed by atoms with E-state index in [1.54, 1.807) is 0 Å². The Kier molecular flexibility index (Phi) is 9.94. The van der Waals surface area contributed by atoms with Crippen LogP contribution in [0.15, 0.2) is 97.1 Å². The lowest BCUT2D eigenvalue weighted by Gasteiger charge is -2.22. The summed E-state index contributed by atoms with van der Waals surface area (Å²) >= 11 is 0. The van der Waals surface area contributed by atoms with Gasteiger partial charge in [-0.05, 0) is 117 Å². The number of hydrogen-bond donors (Lipinski definition) is 1. The van der Waals surface area contributed by atoms with Crippen LogP contribution < -0.4 is 19.3 Å². The van der Waals surface area contributed by atoms with E-state index in [-0.39, 0.29) is 5.75 Å². The number of hydrogen-bond acceptors (Lipinski definition) is 6. The van der Waals surface area contributed by atoms with E-state index in [4.69, 9.17) is 14.5 Å². The highest BCUT2D eigenvalue weighted by molar-refractivity contribution is 5.86. The second-order valence-electron chi connectivity index (χ2n) is 15.2. The molecule has 2 aliphatic carbocycles. The van der Waals surface area contributed by atoms with Crippen LogP contribution in [0.2, 0.25) is 0 Å². The normalized spacial score (nSPS) is 13.0. The number of imidazole rings is 1. The highest BCUT2D eigenvalue weighted by Gasteiger charge is 2.29. The molecule has 1 N–H and O–H groups in total. The van der Waals surface area contributed by atoms with Crippen molar-refractivity contribution in [2.45, 2.75) is 53.0 Å². The van der Waals surface area contributed by atoms with Crippen LogP contribution in [0.1, 0.15) is 53.1 Å². The summed E-state index contributed by atoms with van der Waals surface area (Å²) < 4.78 is 15.8. The molecule has 6 aromatic rings. The zero-order valence-electron chi connectivity index (χ0n) is 33.5. The van der Waals surface area contributed by atoms with E-state index in [1.165, 1.54) is 22.3 Å². The van der Waals surface area contributed by atoms with E-state index in [2.05, 4.69) is 147 Å². The number of aromatic hydroxyl groups is 1. The van der Waals surface area contributed by atoms with Crippen LogP contribution in [-0.4, -0.2) is 42.8 Å². The van der Waals surface area contributed by atoms with E-state index in [0.717, 1.165) is 82.1 Å². The molecule has 7 heteroatoms. The average Bonchev–Trinajstić information content (AvgIpc) is 3.60. The predicted molar refractivity (Wildman–Crippen MR) is 232 cm³/mol. The zero-order valence-corrected chi connectivity index (χ0v) is 33.5. The molecule has 2 aliphatic rings. The minimum Gasteiger partial charge on any atom is -0.502 e. The van der Waals surface area contributed by atoms with Crippen LogP contribution in [0.5, 0.6) is 28.7 Å². The molecule has 0 aliphatic heterocycles. The lowest BCUT2D eigenvalue weighted by Crippen LogP contribution is -2.08. The molecule has 0 amide bonds. The lowest BCUT2D eigenvalue weighted by atomic mass is 9.96. The van der Waals surface area contributed by atoms with Gasteiger partial charge in [0.2, 0.25) is 5.75 Å². The second-order valence-corrected chi connectivity index (χ2v) is 15.2. The van der Waals surface area contributed by atoms with Gasteiger partial charge in [-0.15, -0.1) is 0 Å². The van der Waals surface area contributed by atoms with E-state index in [9.17, 15) is 5.11 Å². The Morgan fingerprint density at radius 2 is 1.14 bits per heavy atom. The van der Waals surface area contributed by atoms with Crippen LogP contribution >= 0.6 is 0 Å². The quantitative estimate of drug-likeness (QED) is 0.151. The molecule has 0 bridgehead atoms. The largest absolute Gasteiger partial charge is 0.502 e. The van der Waals surface area contributed by atoms with Gasteiger partial charge in [0.15, 0.2) is 11.5 Å². The third-order valence-corrected chi connectivity index (χ3v) is 11.1. The van der Waals surface area contributed by atoms with Crippen LogP contribution in [-0.2, 0) is 19.4 Å². The van der Waals surface area contributed by atoms with Crippen LogP contribution in [0.3, 0.4) is 0 Å². The Morgan fingerprint density at radius 3 is 1.61 bits per heavy atom. The molecule has 8 rings (SSSR count). The van der Waals surface area contributed by atoms with E-state index in [1.807, 2.05) is 26.0 Å². The maximum absolute atomic E-state index is 12.2. The number of anilines is 2. The molecule has 0 radical (unpaired) electrons. The second kappa shape index (κ2) is 15.1. The fourth-order valence-corrected chi connectivity index (χ4v) is 8.02. The SMILES string of the molecule is CCn1c(-c2c(C)c(Oc3ccc4c(c3)CCC=C4)c(O)c(Oc3ccc4c(c3)CCC=C4)c2C)nc(-c2ccc(N(C)C)cc2)c1-c1ccc(N(C)C)cc1. The van der Waals surface area contributed by atoms with Crippen molar-refractivity contribution in [3.63, 3.8) is 0 Å². The van der Waals surface area contributed by atoms with Gasteiger partial charge in [-0.2, -0.15) is 0 Å². The summed E-state index contributed by atoms with van der Waals surface area (Å²) in [6.45, 7) is 6.84. The van der Waals surface area contributed by atoms with Crippen molar-refractivity contribution in [1.82, 2.24) is 9.55 Å². The Bertz CT molecular complexity index is 2390. The van der Waals surface area contributed by atoms with Crippen molar-refractivity contribution >= 4 is 23.5 Å². The van der Waals surface area contributed by atoms with Crippen molar-refractivity contribution in [3.05, 3.63) is 130 Å². The number of allylic oxidation sites excluding steroid dienone is 2. The summed E-state index contributed by atoms with van der Waals surface area (Å²) in [6, 6.07) is 29.5. The van der Waals surface area contributed by atoms with Crippen molar-refractivity contribution in [3.8, 4) is 62.7 Å². The topological polar surface area (TPSA) is 63.0 Å². The van der Waals surface area contributed by atoms with Gasteiger partial charge in [-0.3, -0.25) is 0 Å². The van der Waals surface area contributed by atoms with Crippen LogP contribution in [0.4, 0.5) is 11.4 Å². The van der Waals surface area contributed by atoms with Gasteiger partial charge in [-0.1, -0.05) is 60.7 Å². The minimum absolute atomic E-state index is 0.0346. The number of aryl methyl sites for hydroxylation is 2. The zero-order chi connectivity index (χ0) is 39.1. The summed E-state index contributed by atoms with van der Waals surface area (Å²) in [4.78, 5) is 9.74. The molecular weight excluding hydrogens is 693 g/mol. The number of rotatable bonds is 10. The first-order chi connectivity index (χ1) is 27.1. The molecule has 0 saturated heterocycles. The van der Waals surface area contributed by atoms with Crippen molar-refractivity contribution in [2.24, 2.45) is 0 Å². The van der Waals surface area contributed by atoms with Crippen LogP contribution in [0, 0.1) is 13.8 Å². The average molecular weight is 743 g/mol. The predicted octanol–water partition coefficient (Wildman–Crippen LogP) is 11.9. The standard InChI is InChI=1S/C49H50N4O3/c1-8-53-45(36-19-25-40(26-20-36)52(6)7)44(35-17-23-39(24-18-35)51(4)5)50-49(53)43-31(2)47(55-41-27-21-33-13-9-11-15-37(33)29-41)46(54)48(32(43)3)56-42-28-22-34-14-10-12-16-38(34)30-42/h9-10,13-14,17-30,54H,8,11-12,15-16H2,1-7H3. The number of benzene rings is 5. The molecular formula is C49H50N4O3. The van der Waals surface area contributed by atoms with Gasteiger partial charge in [0.1, 0.15) is 17.3 Å². The molecule has 0 spiro atoms. The van der Waals surface area contributed by atoms with Gasteiger partial charge in [0.25, 0.3) is 0 Å². The molecule has 0 fully saturated rings.